The molecular weight excluding hydrogens is 448 g/mol. The number of fused-ring (bicyclic) bond motifs is 3. The summed E-state index contributed by atoms with van der Waals surface area (Å²) in [4.78, 5) is 13.0. The van der Waals surface area contributed by atoms with Gasteiger partial charge in [0.1, 0.15) is 6.10 Å². The van der Waals surface area contributed by atoms with Crippen LogP contribution in [0.2, 0.25) is 18.1 Å². The van der Waals surface area contributed by atoms with Crippen molar-refractivity contribution < 1.29 is 29.3 Å². The molecule has 0 saturated heterocycles. The number of allylic oxidation sites excluding steroid dienone is 3. The molecule has 194 valence electrons. The van der Waals surface area contributed by atoms with Gasteiger partial charge < -0.3 is 24.5 Å². The summed E-state index contributed by atoms with van der Waals surface area (Å²) in [5, 5.41) is 32.9. The summed E-state index contributed by atoms with van der Waals surface area (Å²) in [6, 6.07) is 0. The van der Waals surface area contributed by atoms with Gasteiger partial charge in [0.25, 0.3) is 0 Å². The lowest BCUT2D eigenvalue weighted by Gasteiger charge is -2.57. The Balaban J connectivity index is 2.08. The van der Waals surface area contributed by atoms with Crippen molar-refractivity contribution in [1.29, 1.82) is 0 Å². The van der Waals surface area contributed by atoms with Gasteiger partial charge in [-0.05, 0) is 69.8 Å². The highest BCUT2D eigenvalue weighted by Gasteiger charge is 2.68. The molecule has 7 heteroatoms. The molecule has 0 unspecified atom stereocenters. The number of hydrogen-bond donors (Lipinski definition) is 3. The Morgan fingerprint density at radius 1 is 1.18 bits per heavy atom. The summed E-state index contributed by atoms with van der Waals surface area (Å²) in [5.41, 5.74) is -2.23. The van der Waals surface area contributed by atoms with Crippen LogP contribution in [0.5, 0.6) is 0 Å². The summed E-state index contributed by atoms with van der Waals surface area (Å²) >= 11 is 0. The molecule has 0 bridgehead atoms. The lowest BCUT2D eigenvalue weighted by atomic mass is 9.49. The SMILES string of the molecule is CC[C@]12C=C(O[Si](C)(C)C(C)(C)C)C=C[C@H]1[C@@H]1[C@H](O)C[C@@H](O)[C@@]1(CO)[C@@H](OC(=O)C(C)(C)C)C2. The van der Waals surface area contributed by atoms with Crippen molar-refractivity contribution in [2.45, 2.75) is 104 Å². The van der Waals surface area contributed by atoms with Gasteiger partial charge in [-0.2, -0.15) is 0 Å². The second kappa shape index (κ2) is 8.75. The zero-order valence-electron chi connectivity index (χ0n) is 22.5. The molecule has 7 atom stereocenters. The van der Waals surface area contributed by atoms with E-state index in [4.69, 9.17) is 9.16 Å². The van der Waals surface area contributed by atoms with Gasteiger partial charge in [0, 0.05) is 17.8 Å². The van der Waals surface area contributed by atoms with Gasteiger partial charge in [-0.3, -0.25) is 4.79 Å². The van der Waals surface area contributed by atoms with Crippen molar-refractivity contribution >= 4 is 14.3 Å². The minimum absolute atomic E-state index is 0.0487. The van der Waals surface area contributed by atoms with Crippen molar-refractivity contribution in [3.8, 4) is 0 Å². The van der Waals surface area contributed by atoms with E-state index < -0.39 is 48.8 Å². The van der Waals surface area contributed by atoms with E-state index in [2.05, 4.69) is 52.9 Å². The van der Waals surface area contributed by atoms with E-state index >= 15 is 0 Å². The van der Waals surface area contributed by atoms with Crippen molar-refractivity contribution in [1.82, 2.24) is 0 Å². The highest BCUT2D eigenvalue weighted by Crippen LogP contribution is 2.64. The quantitative estimate of drug-likeness (QED) is 0.383. The summed E-state index contributed by atoms with van der Waals surface area (Å²) < 4.78 is 12.7. The van der Waals surface area contributed by atoms with Crippen molar-refractivity contribution in [2.75, 3.05) is 6.61 Å². The second-order valence-corrected chi connectivity index (χ2v) is 18.1. The molecule has 2 fully saturated rings. The first-order valence-corrected chi connectivity index (χ1v) is 15.6. The first-order valence-electron chi connectivity index (χ1n) is 12.7. The Hall–Kier alpha value is -1.15. The molecule has 34 heavy (non-hydrogen) atoms. The monoisotopic (exact) mass is 494 g/mol. The molecule has 0 heterocycles. The summed E-state index contributed by atoms with van der Waals surface area (Å²) in [5.74, 6) is -0.0698. The number of esters is 1. The molecule has 3 aliphatic rings. The Morgan fingerprint density at radius 2 is 1.79 bits per heavy atom. The van der Waals surface area contributed by atoms with Gasteiger partial charge in [0.15, 0.2) is 0 Å². The number of aliphatic hydroxyl groups is 3. The van der Waals surface area contributed by atoms with Crippen LogP contribution in [-0.4, -0.2) is 54.5 Å². The Bertz CT molecular complexity index is 850. The van der Waals surface area contributed by atoms with Crippen LogP contribution in [0.1, 0.15) is 67.7 Å². The van der Waals surface area contributed by atoms with E-state index in [-0.39, 0.29) is 30.0 Å². The number of hydrogen-bond acceptors (Lipinski definition) is 6. The first-order chi connectivity index (χ1) is 15.4. The molecule has 6 nitrogen and oxygen atoms in total. The van der Waals surface area contributed by atoms with E-state index in [9.17, 15) is 20.1 Å². The van der Waals surface area contributed by atoms with Crippen molar-refractivity contribution in [3.05, 3.63) is 24.0 Å². The fourth-order valence-electron chi connectivity index (χ4n) is 5.97. The Labute approximate surface area is 206 Å². The topological polar surface area (TPSA) is 96.2 Å². The molecule has 0 aromatic heterocycles. The summed E-state index contributed by atoms with van der Waals surface area (Å²) in [6.45, 7) is 18.2. The predicted molar refractivity (Wildman–Crippen MR) is 135 cm³/mol. The largest absolute Gasteiger partial charge is 0.544 e. The molecule has 3 rings (SSSR count). The van der Waals surface area contributed by atoms with Crippen LogP contribution in [0.15, 0.2) is 24.0 Å². The van der Waals surface area contributed by atoms with Crippen LogP contribution >= 0.6 is 0 Å². The lowest BCUT2D eigenvalue weighted by molar-refractivity contribution is -0.205. The highest BCUT2D eigenvalue weighted by molar-refractivity contribution is 6.74. The molecule has 3 N–H and O–H groups in total. The summed E-state index contributed by atoms with van der Waals surface area (Å²) in [6.07, 6.45) is 5.20. The zero-order valence-corrected chi connectivity index (χ0v) is 23.5. The standard InChI is InChI=1S/C27H46O6Si/c1-10-26-14-17(33-34(8,9)25(5,6)7)11-12-18(26)22-19(29)13-20(30)27(22,16-28)21(15-26)32-23(31)24(2,3)4/h11-12,14,18-22,28-30H,10,13,15-16H2,1-9H3/t18-,19+,20+,21-,22+,26+,27-/m0/s1. The molecular formula is C27H46O6Si. The van der Waals surface area contributed by atoms with Gasteiger partial charge in [-0.1, -0.05) is 33.8 Å². The molecule has 0 aliphatic heterocycles. The molecule has 3 aliphatic carbocycles. The van der Waals surface area contributed by atoms with Crippen molar-refractivity contribution in [2.24, 2.45) is 28.1 Å². The molecule has 0 spiro atoms. The fraction of sp³-hybridized carbons (Fsp3) is 0.815. The Morgan fingerprint density at radius 3 is 2.29 bits per heavy atom. The maximum Gasteiger partial charge on any atom is 0.311 e. The number of ether oxygens (including phenoxy) is 1. The number of carbonyl (C=O) groups excluding carboxylic acids is 1. The van der Waals surface area contributed by atoms with Gasteiger partial charge in [0.2, 0.25) is 8.32 Å². The van der Waals surface area contributed by atoms with E-state index in [1.165, 1.54) is 0 Å². The molecule has 0 amide bonds. The van der Waals surface area contributed by atoms with Gasteiger partial charge in [-0.15, -0.1) is 0 Å². The predicted octanol–water partition coefficient (Wildman–Crippen LogP) is 4.56. The smallest absolute Gasteiger partial charge is 0.311 e. The maximum atomic E-state index is 13.0. The van der Waals surface area contributed by atoms with Crippen LogP contribution in [0, 0.1) is 28.1 Å². The fourth-order valence-corrected chi connectivity index (χ4v) is 6.99. The second-order valence-electron chi connectivity index (χ2n) is 13.3. The molecule has 0 aromatic carbocycles. The van der Waals surface area contributed by atoms with E-state index in [1.54, 1.807) is 20.8 Å². The van der Waals surface area contributed by atoms with Crippen LogP contribution in [0.25, 0.3) is 0 Å². The third-order valence-electron chi connectivity index (χ3n) is 9.21. The summed E-state index contributed by atoms with van der Waals surface area (Å²) in [7, 11) is -2.07. The van der Waals surface area contributed by atoms with E-state index in [1.807, 2.05) is 6.08 Å². The van der Waals surface area contributed by atoms with Gasteiger partial charge >= 0.3 is 5.97 Å². The normalized spacial score (nSPS) is 38.1. The lowest BCUT2D eigenvalue weighted by Crippen LogP contribution is -2.62. The van der Waals surface area contributed by atoms with E-state index in [0.717, 1.165) is 12.2 Å². The average molecular weight is 495 g/mol. The number of carbonyl (C=O) groups is 1. The van der Waals surface area contributed by atoms with Crippen LogP contribution < -0.4 is 0 Å². The number of rotatable bonds is 5. The van der Waals surface area contributed by atoms with E-state index in [0.29, 0.717) is 6.42 Å². The van der Waals surface area contributed by atoms with Gasteiger partial charge in [0.05, 0.1) is 35.4 Å². The first kappa shape index (κ1) is 27.4. The molecule has 0 aromatic rings. The Kier molecular flexibility index (Phi) is 7.06. The number of aliphatic hydroxyl groups excluding tert-OH is 3. The highest BCUT2D eigenvalue weighted by atomic mass is 28.4. The average Bonchev–Trinajstić information content (AvgIpc) is 2.96. The zero-order chi connectivity index (χ0) is 25.9. The third kappa shape index (κ3) is 4.31. The van der Waals surface area contributed by atoms with Gasteiger partial charge in [-0.25, -0.2) is 0 Å². The minimum Gasteiger partial charge on any atom is -0.544 e. The maximum absolute atomic E-state index is 13.0. The minimum atomic E-state index is -2.07. The van der Waals surface area contributed by atoms with Crippen LogP contribution in [0.3, 0.4) is 0 Å². The molecule has 0 radical (unpaired) electrons. The van der Waals surface area contributed by atoms with Crippen LogP contribution in [0.4, 0.5) is 0 Å². The van der Waals surface area contributed by atoms with Crippen LogP contribution in [-0.2, 0) is 14.0 Å². The van der Waals surface area contributed by atoms with Crippen molar-refractivity contribution in [3.63, 3.8) is 0 Å². The molecule has 2 saturated carbocycles. The third-order valence-corrected chi connectivity index (χ3v) is 13.6.